The normalized spacial score (nSPS) is 13.5. The van der Waals surface area contributed by atoms with E-state index in [2.05, 4.69) is 44.4 Å². The van der Waals surface area contributed by atoms with Crippen molar-refractivity contribution in [2.45, 2.75) is 46.6 Å². The molecule has 0 bridgehead atoms. The molecule has 272 valence electrons. The van der Waals surface area contributed by atoms with Crippen LogP contribution in [-0.2, 0) is 11.3 Å². The van der Waals surface area contributed by atoms with Crippen molar-refractivity contribution in [3.63, 3.8) is 0 Å². The van der Waals surface area contributed by atoms with E-state index in [0.29, 0.717) is 42.7 Å². The van der Waals surface area contributed by atoms with Crippen LogP contribution in [0.25, 0.3) is 0 Å². The molecule has 1 aromatic heterocycles. The molecule has 2 heterocycles. The second-order valence-electron chi connectivity index (χ2n) is 12.7. The summed E-state index contributed by atoms with van der Waals surface area (Å²) in [6.45, 7) is 12.6. The molecule has 51 heavy (non-hydrogen) atoms. The van der Waals surface area contributed by atoms with Crippen LogP contribution in [0.4, 0.5) is 21.7 Å². The standard InChI is InChI=1S/C39H49FN6O5/c1-6-7-21-49-26-29-12-14-34(35(23-29)48-5)51-38-31(37(47)43-36-27(2)10-8-11-28(36)3)25-41-39(44-38)42-30-13-15-33(32(40)24-30)50-22-9-16-46-19-17-45(4)18-20-46/h8,10-15,23-25H,6-7,9,16-22,26H2,1-5H3,(H,43,47)(H,41,42,44). The van der Waals surface area contributed by atoms with Crippen molar-refractivity contribution in [3.8, 4) is 23.1 Å². The van der Waals surface area contributed by atoms with Gasteiger partial charge in [0.2, 0.25) is 11.8 Å². The minimum absolute atomic E-state index is 0.0118. The molecule has 0 saturated carbocycles. The molecule has 1 saturated heterocycles. The van der Waals surface area contributed by atoms with Gasteiger partial charge in [0.1, 0.15) is 5.56 Å². The largest absolute Gasteiger partial charge is 0.493 e. The highest BCUT2D eigenvalue weighted by Gasteiger charge is 2.21. The third-order valence-electron chi connectivity index (χ3n) is 8.72. The molecule has 11 nitrogen and oxygen atoms in total. The third kappa shape index (κ3) is 10.6. The van der Waals surface area contributed by atoms with Gasteiger partial charge in [-0.15, -0.1) is 0 Å². The Kier molecular flexibility index (Phi) is 13.6. The number of carbonyl (C=O) groups is 1. The van der Waals surface area contributed by atoms with Crippen molar-refractivity contribution in [3.05, 3.63) is 88.9 Å². The number of anilines is 3. The Morgan fingerprint density at radius 2 is 1.71 bits per heavy atom. The number of carbonyl (C=O) groups excluding carboxylic acids is 1. The number of hydrogen-bond donors (Lipinski definition) is 2. The van der Waals surface area contributed by atoms with Gasteiger partial charge < -0.3 is 39.4 Å². The number of aryl methyl sites for hydroxylation is 2. The number of nitrogens with zero attached hydrogens (tertiary/aromatic N) is 4. The second-order valence-corrected chi connectivity index (χ2v) is 12.7. The molecule has 5 rings (SSSR count). The predicted octanol–water partition coefficient (Wildman–Crippen LogP) is 7.36. The number of unbranched alkanes of at least 4 members (excludes halogenated alkanes) is 1. The summed E-state index contributed by atoms with van der Waals surface area (Å²) >= 11 is 0. The molecule has 0 radical (unpaired) electrons. The molecule has 1 aliphatic heterocycles. The topological polar surface area (TPSA) is 110 Å². The van der Waals surface area contributed by atoms with Crippen molar-refractivity contribution in [1.29, 1.82) is 0 Å². The first-order valence-corrected chi connectivity index (χ1v) is 17.5. The van der Waals surface area contributed by atoms with E-state index in [1.54, 1.807) is 25.3 Å². The summed E-state index contributed by atoms with van der Waals surface area (Å²) < 4.78 is 38.5. The van der Waals surface area contributed by atoms with Gasteiger partial charge in [0.05, 0.1) is 20.3 Å². The van der Waals surface area contributed by atoms with E-state index in [9.17, 15) is 4.79 Å². The lowest BCUT2D eigenvalue weighted by Gasteiger charge is -2.32. The molecule has 0 unspecified atom stereocenters. The first kappa shape index (κ1) is 37.5. The average molecular weight is 701 g/mol. The summed E-state index contributed by atoms with van der Waals surface area (Å²) in [7, 11) is 3.67. The number of piperazine rings is 1. The predicted molar refractivity (Wildman–Crippen MR) is 197 cm³/mol. The summed E-state index contributed by atoms with van der Waals surface area (Å²) in [5.74, 6) is 0.102. The van der Waals surface area contributed by atoms with Gasteiger partial charge in [-0.1, -0.05) is 37.6 Å². The van der Waals surface area contributed by atoms with Crippen LogP contribution in [0.1, 0.15) is 53.2 Å². The summed E-state index contributed by atoms with van der Waals surface area (Å²) in [5, 5.41) is 6.01. The van der Waals surface area contributed by atoms with Crippen LogP contribution in [0.3, 0.4) is 0 Å². The van der Waals surface area contributed by atoms with Gasteiger partial charge in [-0.3, -0.25) is 4.79 Å². The molecule has 1 amide bonds. The lowest BCUT2D eigenvalue weighted by molar-refractivity contribution is 0.102. The summed E-state index contributed by atoms with van der Waals surface area (Å²) in [6, 6.07) is 15.8. The molecular formula is C39H49FN6O5. The Morgan fingerprint density at radius 3 is 2.43 bits per heavy atom. The molecule has 1 fully saturated rings. The van der Waals surface area contributed by atoms with Crippen molar-refractivity contribution in [2.24, 2.45) is 0 Å². The second kappa shape index (κ2) is 18.5. The molecule has 4 aromatic rings. The summed E-state index contributed by atoms with van der Waals surface area (Å²) in [5.41, 5.74) is 3.93. The lowest BCUT2D eigenvalue weighted by Crippen LogP contribution is -2.44. The average Bonchev–Trinajstić information content (AvgIpc) is 3.12. The van der Waals surface area contributed by atoms with E-state index >= 15 is 4.39 Å². The highest BCUT2D eigenvalue weighted by atomic mass is 19.1. The molecule has 0 atom stereocenters. The Bertz CT molecular complexity index is 1740. The lowest BCUT2D eigenvalue weighted by atomic mass is 10.1. The first-order valence-electron chi connectivity index (χ1n) is 17.5. The highest BCUT2D eigenvalue weighted by Crippen LogP contribution is 2.34. The fourth-order valence-corrected chi connectivity index (χ4v) is 5.65. The maximum Gasteiger partial charge on any atom is 0.262 e. The smallest absolute Gasteiger partial charge is 0.262 e. The quantitative estimate of drug-likeness (QED) is 0.108. The minimum Gasteiger partial charge on any atom is -0.493 e. The highest BCUT2D eigenvalue weighted by molar-refractivity contribution is 6.06. The zero-order valence-electron chi connectivity index (χ0n) is 30.3. The van der Waals surface area contributed by atoms with Crippen LogP contribution in [0, 0.1) is 19.7 Å². The Morgan fingerprint density at radius 1 is 0.941 bits per heavy atom. The number of rotatable bonds is 17. The molecule has 3 aromatic carbocycles. The monoisotopic (exact) mass is 700 g/mol. The number of methoxy groups -OCH3 is 1. The number of likely N-dealkylation sites (N-methyl/N-ethyl adjacent to an activating group) is 1. The van der Waals surface area contributed by atoms with Gasteiger partial charge in [0.25, 0.3) is 5.91 Å². The molecule has 0 spiro atoms. The third-order valence-corrected chi connectivity index (χ3v) is 8.72. The van der Waals surface area contributed by atoms with Crippen molar-refractivity contribution in [1.82, 2.24) is 19.8 Å². The first-order chi connectivity index (χ1) is 24.7. The number of ether oxygens (including phenoxy) is 4. The molecule has 1 aliphatic rings. The van der Waals surface area contributed by atoms with Crippen LogP contribution in [0.15, 0.2) is 60.8 Å². The molecule has 12 heteroatoms. The number of amides is 1. The van der Waals surface area contributed by atoms with Gasteiger partial charge in [-0.25, -0.2) is 9.37 Å². The van der Waals surface area contributed by atoms with Crippen molar-refractivity contribution in [2.75, 3.05) is 70.7 Å². The van der Waals surface area contributed by atoms with Crippen LogP contribution in [0.5, 0.6) is 23.1 Å². The Balaban J connectivity index is 1.32. The van der Waals surface area contributed by atoms with Crippen molar-refractivity contribution >= 4 is 23.2 Å². The van der Waals surface area contributed by atoms with Gasteiger partial charge in [0, 0.05) is 63.0 Å². The minimum atomic E-state index is -0.510. The van der Waals surface area contributed by atoms with Gasteiger partial charge >= 0.3 is 0 Å². The number of nitrogens with one attached hydrogen (secondary N) is 2. The molecule has 0 aliphatic carbocycles. The zero-order chi connectivity index (χ0) is 36.2. The maximum atomic E-state index is 15.1. The molecular weight excluding hydrogens is 651 g/mol. The number of aromatic nitrogens is 2. The Labute approximate surface area is 300 Å². The van der Waals surface area contributed by atoms with E-state index in [0.717, 1.165) is 68.7 Å². The van der Waals surface area contributed by atoms with E-state index in [-0.39, 0.29) is 23.1 Å². The summed E-state index contributed by atoms with van der Waals surface area (Å²) in [6.07, 6.45) is 4.22. The van der Waals surface area contributed by atoms with Crippen LogP contribution in [-0.4, -0.2) is 85.8 Å². The van der Waals surface area contributed by atoms with Crippen molar-refractivity contribution < 1.29 is 28.1 Å². The number of hydrogen-bond acceptors (Lipinski definition) is 10. The summed E-state index contributed by atoms with van der Waals surface area (Å²) in [4.78, 5) is 27.3. The van der Waals surface area contributed by atoms with Crippen LogP contribution >= 0.6 is 0 Å². The van der Waals surface area contributed by atoms with E-state index < -0.39 is 11.7 Å². The van der Waals surface area contributed by atoms with Crippen LogP contribution < -0.4 is 24.8 Å². The van der Waals surface area contributed by atoms with Gasteiger partial charge in [-0.2, -0.15) is 4.98 Å². The maximum absolute atomic E-state index is 15.1. The van der Waals surface area contributed by atoms with Gasteiger partial charge in [0.15, 0.2) is 23.1 Å². The number of benzene rings is 3. The van der Waals surface area contributed by atoms with Crippen LogP contribution in [0.2, 0.25) is 0 Å². The molecule has 2 N–H and O–H groups in total. The number of para-hydroxylation sites is 1. The van der Waals surface area contributed by atoms with E-state index in [4.69, 9.17) is 18.9 Å². The Hall–Kier alpha value is -4.78. The fourth-order valence-electron chi connectivity index (χ4n) is 5.65. The van der Waals surface area contributed by atoms with E-state index in [1.807, 2.05) is 44.2 Å². The SMILES string of the molecule is CCCCOCc1ccc(Oc2nc(Nc3ccc(OCCCN4CCN(C)CC4)c(F)c3)ncc2C(=O)Nc2c(C)cccc2C)c(OC)c1. The van der Waals surface area contributed by atoms with E-state index in [1.165, 1.54) is 12.3 Å². The zero-order valence-corrected chi connectivity index (χ0v) is 30.3. The fraction of sp³-hybridized carbons (Fsp3) is 0.410. The van der Waals surface area contributed by atoms with Gasteiger partial charge in [-0.05, 0) is 74.7 Å². The number of halogens is 1.